The maximum Gasteiger partial charge on any atom is 0.417 e. The number of carbonyl (C=O) groups is 1. The third kappa shape index (κ3) is 4.67. The molecule has 0 fully saturated rings. The van der Waals surface area contributed by atoms with Gasteiger partial charge in [-0.15, -0.1) is 0 Å². The van der Waals surface area contributed by atoms with Gasteiger partial charge in [0.05, 0.1) is 11.3 Å². The molecule has 33 heavy (non-hydrogen) atoms. The Bertz CT molecular complexity index is 1230. The quantitative estimate of drug-likeness (QED) is 0.590. The second-order valence-corrected chi connectivity index (χ2v) is 7.84. The van der Waals surface area contributed by atoms with E-state index < -0.39 is 11.7 Å². The van der Waals surface area contributed by atoms with Crippen molar-refractivity contribution in [1.29, 1.82) is 0 Å². The number of aromatic nitrogens is 1. The van der Waals surface area contributed by atoms with Crippen molar-refractivity contribution >= 4 is 28.9 Å². The van der Waals surface area contributed by atoms with Gasteiger partial charge < -0.3 is 15.5 Å². The van der Waals surface area contributed by atoms with Crippen molar-refractivity contribution in [2.45, 2.75) is 12.6 Å². The molecule has 4 rings (SSSR count). The summed E-state index contributed by atoms with van der Waals surface area (Å²) in [6, 6.07) is 12.8. The Balaban J connectivity index is 1.66. The molecule has 0 spiro atoms. The number of pyridine rings is 1. The van der Waals surface area contributed by atoms with E-state index in [0.29, 0.717) is 40.5 Å². The Hall–Kier alpha value is -3.88. The molecule has 0 atom stereocenters. The van der Waals surface area contributed by atoms with Gasteiger partial charge in [-0.2, -0.15) is 13.2 Å². The smallest absolute Gasteiger partial charge is 0.363 e. The molecule has 1 amide bonds. The number of hydrogen-bond donors (Lipinski definition) is 2. The number of hydrogen-bond acceptors (Lipinski definition) is 5. The van der Waals surface area contributed by atoms with Gasteiger partial charge in [0.15, 0.2) is 0 Å². The van der Waals surface area contributed by atoms with Crippen molar-refractivity contribution in [2.24, 2.45) is 4.99 Å². The summed E-state index contributed by atoms with van der Waals surface area (Å²) in [6.45, 7) is 0. The Kier molecular flexibility index (Phi) is 5.80. The van der Waals surface area contributed by atoms with Crippen LogP contribution in [0.1, 0.15) is 21.5 Å². The van der Waals surface area contributed by atoms with Gasteiger partial charge in [0.25, 0.3) is 5.91 Å². The summed E-state index contributed by atoms with van der Waals surface area (Å²) in [4.78, 5) is 22.3. The molecule has 1 aliphatic heterocycles. The van der Waals surface area contributed by atoms with Crippen molar-refractivity contribution in [1.82, 2.24) is 10.3 Å². The Morgan fingerprint density at radius 3 is 2.52 bits per heavy atom. The first-order chi connectivity index (χ1) is 15.7. The van der Waals surface area contributed by atoms with Gasteiger partial charge in [0.2, 0.25) is 0 Å². The van der Waals surface area contributed by atoms with E-state index in [1.807, 2.05) is 14.1 Å². The number of halogens is 3. The molecule has 2 N–H and O–H groups in total. The number of rotatable bonds is 4. The van der Waals surface area contributed by atoms with Crippen molar-refractivity contribution in [3.05, 3.63) is 71.4 Å². The molecule has 1 aliphatic rings. The summed E-state index contributed by atoms with van der Waals surface area (Å²) in [5.74, 6) is 0.927. The summed E-state index contributed by atoms with van der Waals surface area (Å²) in [5, 5.41) is 5.67. The average molecular weight is 453 g/mol. The molecule has 0 unspecified atom stereocenters. The summed E-state index contributed by atoms with van der Waals surface area (Å²) in [5.41, 5.74) is 1.74. The third-order valence-corrected chi connectivity index (χ3v) is 5.30. The van der Waals surface area contributed by atoms with Crippen molar-refractivity contribution in [2.75, 3.05) is 31.4 Å². The molecule has 3 aromatic rings. The zero-order valence-electron chi connectivity index (χ0n) is 18.3. The van der Waals surface area contributed by atoms with Gasteiger partial charge in [-0.25, -0.2) is 9.98 Å². The normalized spacial score (nSPS) is 12.7. The molecule has 0 saturated carbocycles. The van der Waals surface area contributed by atoms with Crippen LogP contribution in [0.2, 0.25) is 0 Å². The minimum absolute atomic E-state index is 0.0668. The average Bonchev–Trinajstić information content (AvgIpc) is 3.18. The highest BCUT2D eigenvalue weighted by atomic mass is 19.4. The predicted octanol–water partition coefficient (Wildman–Crippen LogP) is 4.89. The molecule has 6 nitrogen and oxygen atoms in total. The standard InChI is InChI=1S/C24H22F3N5O/c1-28-23(33)14-5-4-6-17(9-14)30-21-11-16-10-18(15-7-8-22(29-13-15)32(2)3)19(24(25,26)27)12-20(16)31-21/h4-10,12-13H,11H2,1-3H3,(H,28,33)(H,30,31). The van der Waals surface area contributed by atoms with Gasteiger partial charge in [-0.1, -0.05) is 6.07 Å². The number of nitrogens with one attached hydrogen (secondary N) is 2. The van der Waals surface area contributed by atoms with E-state index in [0.717, 1.165) is 6.07 Å². The van der Waals surface area contributed by atoms with E-state index in [9.17, 15) is 18.0 Å². The Labute approximate surface area is 189 Å². The SMILES string of the molecule is CNC(=O)c1cccc(NC2=Nc3cc(C(F)(F)F)c(-c4ccc(N(C)C)nc4)cc3C2)c1. The molecule has 1 aromatic heterocycles. The minimum atomic E-state index is -4.54. The number of carbonyl (C=O) groups excluding carboxylic acids is 1. The predicted molar refractivity (Wildman–Crippen MR) is 123 cm³/mol. The first-order valence-electron chi connectivity index (χ1n) is 10.2. The lowest BCUT2D eigenvalue weighted by Gasteiger charge is -2.16. The fourth-order valence-electron chi connectivity index (χ4n) is 3.65. The summed E-state index contributed by atoms with van der Waals surface area (Å²) >= 11 is 0. The largest absolute Gasteiger partial charge is 0.417 e. The topological polar surface area (TPSA) is 69.6 Å². The summed E-state index contributed by atoms with van der Waals surface area (Å²) < 4.78 is 41.6. The third-order valence-electron chi connectivity index (χ3n) is 5.30. The molecule has 170 valence electrons. The fourth-order valence-corrected chi connectivity index (χ4v) is 3.65. The van der Waals surface area contributed by atoms with E-state index in [-0.39, 0.29) is 17.2 Å². The number of aliphatic imine (C=N–C) groups is 1. The highest BCUT2D eigenvalue weighted by Crippen LogP contribution is 2.42. The van der Waals surface area contributed by atoms with Crippen LogP contribution < -0.4 is 15.5 Å². The van der Waals surface area contributed by atoms with E-state index in [2.05, 4.69) is 20.6 Å². The molecule has 9 heteroatoms. The Morgan fingerprint density at radius 2 is 1.88 bits per heavy atom. The molecule has 0 radical (unpaired) electrons. The molecule has 2 heterocycles. The number of anilines is 2. The maximum atomic E-state index is 13.9. The number of benzene rings is 2. The van der Waals surface area contributed by atoms with Crippen LogP contribution in [0.15, 0.2) is 59.7 Å². The number of nitrogens with zero attached hydrogens (tertiary/aromatic N) is 3. The molecule has 0 aliphatic carbocycles. The van der Waals surface area contributed by atoms with E-state index >= 15 is 0 Å². The van der Waals surface area contributed by atoms with E-state index in [1.165, 1.54) is 12.3 Å². The highest BCUT2D eigenvalue weighted by molar-refractivity contribution is 6.03. The monoisotopic (exact) mass is 453 g/mol. The first kappa shape index (κ1) is 22.3. The number of amides is 1. The van der Waals surface area contributed by atoms with Crippen molar-refractivity contribution in [3.8, 4) is 11.1 Å². The molecular formula is C24H22F3N5O. The molecule has 0 bridgehead atoms. The number of alkyl halides is 3. The Morgan fingerprint density at radius 1 is 1.09 bits per heavy atom. The zero-order chi connectivity index (χ0) is 23.8. The summed E-state index contributed by atoms with van der Waals surface area (Å²) in [6.07, 6.45) is -2.75. The van der Waals surface area contributed by atoms with Gasteiger partial charge in [0, 0.05) is 50.6 Å². The van der Waals surface area contributed by atoms with Gasteiger partial charge in [-0.3, -0.25) is 4.79 Å². The molecular weight excluding hydrogens is 431 g/mol. The van der Waals surface area contributed by atoms with Crippen LogP contribution in [0, 0.1) is 0 Å². The van der Waals surface area contributed by atoms with Crippen LogP contribution in [0.3, 0.4) is 0 Å². The van der Waals surface area contributed by atoms with Gasteiger partial charge in [0.1, 0.15) is 11.7 Å². The van der Waals surface area contributed by atoms with Crippen LogP contribution in [0.5, 0.6) is 0 Å². The lowest BCUT2D eigenvalue weighted by molar-refractivity contribution is -0.137. The maximum absolute atomic E-state index is 13.9. The van der Waals surface area contributed by atoms with Crippen LogP contribution in [-0.2, 0) is 12.6 Å². The fraction of sp³-hybridized carbons (Fsp3) is 0.208. The van der Waals surface area contributed by atoms with Gasteiger partial charge in [-0.05, 0) is 53.6 Å². The van der Waals surface area contributed by atoms with Crippen molar-refractivity contribution < 1.29 is 18.0 Å². The lowest BCUT2D eigenvalue weighted by Crippen LogP contribution is -2.18. The number of fused-ring (bicyclic) bond motifs is 1. The first-order valence-corrected chi connectivity index (χ1v) is 10.2. The van der Waals surface area contributed by atoms with Crippen LogP contribution in [0.4, 0.5) is 30.4 Å². The lowest BCUT2D eigenvalue weighted by atomic mass is 9.96. The van der Waals surface area contributed by atoms with Crippen LogP contribution >= 0.6 is 0 Å². The van der Waals surface area contributed by atoms with Crippen molar-refractivity contribution in [3.63, 3.8) is 0 Å². The van der Waals surface area contributed by atoms with Crippen LogP contribution in [0.25, 0.3) is 11.1 Å². The molecule has 0 saturated heterocycles. The second kappa shape index (κ2) is 8.57. The zero-order valence-corrected chi connectivity index (χ0v) is 18.3. The summed E-state index contributed by atoms with van der Waals surface area (Å²) in [7, 11) is 5.17. The van der Waals surface area contributed by atoms with E-state index in [1.54, 1.807) is 48.3 Å². The second-order valence-electron chi connectivity index (χ2n) is 7.84. The van der Waals surface area contributed by atoms with Gasteiger partial charge >= 0.3 is 6.18 Å². The van der Waals surface area contributed by atoms with E-state index in [4.69, 9.17) is 0 Å². The molecule has 2 aromatic carbocycles. The number of amidine groups is 1. The van der Waals surface area contributed by atoms with Crippen LogP contribution in [-0.4, -0.2) is 37.9 Å². The minimum Gasteiger partial charge on any atom is -0.363 e. The highest BCUT2D eigenvalue weighted by Gasteiger charge is 2.35.